The summed E-state index contributed by atoms with van der Waals surface area (Å²) in [4.78, 5) is 37.3. The zero-order valence-electron chi connectivity index (χ0n) is 12.1. The number of rotatable bonds is 7. The van der Waals surface area contributed by atoms with Gasteiger partial charge in [0.25, 0.3) is 0 Å². The SMILES string of the molecule is CCOC(=O)C(=CNc1ccncc1[N+](=O)[O-])C(=O)OCC. The predicted molar refractivity (Wildman–Crippen MR) is 75.9 cm³/mol. The Hall–Kier alpha value is -2.97. The number of pyridine rings is 1. The van der Waals surface area contributed by atoms with Crippen LogP contribution in [0, 0.1) is 10.1 Å². The molecule has 1 heterocycles. The van der Waals surface area contributed by atoms with Crippen molar-refractivity contribution in [3.8, 4) is 0 Å². The van der Waals surface area contributed by atoms with E-state index in [1.807, 2.05) is 0 Å². The molecule has 1 N–H and O–H groups in total. The summed E-state index contributed by atoms with van der Waals surface area (Å²) in [7, 11) is 0. The fourth-order valence-electron chi connectivity index (χ4n) is 1.42. The number of hydrogen-bond donors (Lipinski definition) is 1. The third-order valence-corrected chi connectivity index (χ3v) is 2.36. The number of ether oxygens (including phenoxy) is 2. The molecule has 0 aliphatic carbocycles. The van der Waals surface area contributed by atoms with Crippen molar-refractivity contribution < 1.29 is 24.0 Å². The molecule has 9 heteroatoms. The highest BCUT2D eigenvalue weighted by molar-refractivity contribution is 6.14. The molecule has 0 atom stereocenters. The van der Waals surface area contributed by atoms with Crippen LogP contribution in [-0.2, 0) is 19.1 Å². The first-order valence-corrected chi connectivity index (χ1v) is 6.40. The van der Waals surface area contributed by atoms with E-state index in [1.54, 1.807) is 13.8 Å². The zero-order valence-corrected chi connectivity index (χ0v) is 12.1. The van der Waals surface area contributed by atoms with Crippen LogP contribution in [-0.4, -0.2) is 35.1 Å². The fraction of sp³-hybridized carbons (Fsp3) is 0.308. The van der Waals surface area contributed by atoms with Gasteiger partial charge in [0.2, 0.25) is 0 Å². The molecule has 0 unspecified atom stereocenters. The van der Waals surface area contributed by atoms with Gasteiger partial charge in [-0.3, -0.25) is 15.1 Å². The first-order chi connectivity index (χ1) is 10.5. The average molecular weight is 309 g/mol. The van der Waals surface area contributed by atoms with Crippen molar-refractivity contribution in [1.29, 1.82) is 0 Å². The molecule has 1 rings (SSSR count). The minimum Gasteiger partial charge on any atom is -0.462 e. The van der Waals surface area contributed by atoms with Crippen molar-refractivity contribution in [2.75, 3.05) is 18.5 Å². The van der Waals surface area contributed by atoms with Crippen molar-refractivity contribution >= 4 is 23.3 Å². The highest BCUT2D eigenvalue weighted by Crippen LogP contribution is 2.22. The molecule has 0 bridgehead atoms. The molecule has 1 aromatic heterocycles. The Labute approximate surface area is 126 Å². The lowest BCUT2D eigenvalue weighted by Crippen LogP contribution is -2.19. The van der Waals surface area contributed by atoms with Gasteiger partial charge in [0, 0.05) is 12.4 Å². The summed E-state index contributed by atoms with van der Waals surface area (Å²) in [5.41, 5.74) is -0.619. The molecule has 118 valence electrons. The number of nitro groups is 1. The molecular weight excluding hydrogens is 294 g/mol. The van der Waals surface area contributed by atoms with Gasteiger partial charge in [-0.1, -0.05) is 0 Å². The smallest absolute Gasteiger partial charge is 0.347 e. The van der Waals surface area contributed by atoms with Gasteiger partial charge < -0.3 is 14.8 Å². The first-order valence-electron chi connectivity index (χ1n) is 6.40. The van der Waals surface area contributed by atoms with Gasteiger partial charge in [0.1, 0.15) is 11.9 Å². The van der Waals surface area contributed by atoms with Gasteiger partial charge in [0.15, 0.2) is 5.57 Å². The highest BCUT2D eigenvalue weighted by Gasteiger charge is 2.21. The van der Waals surface area contributed by atoms with Crippen LogP contribution >= 0.6 is 0 Å². The topological polar surface area (TPSA) is 121 Å². The second-order valence-corrected chi connectivity index (χ2v) is 3.79. The third-order valence-electron chi connectivity index (χ3n) is 2.36. The van der Waals surface area contributed by atoms with Gasteiger partial charge >= 0.3 is 17.6 Å². The van der Waals surface area contributed by atoms with Crippen LogP contribution in [0.25, 0.3) is 0 Å². The van der Waals surface area contributed by atoms with E-state index in [9.17, 15) is 19.7 Å². The maximum Gasteiger partial charge on any atom is 0.347 e. The largest absolute Gasteiger partial charge is 0.462 e. The minimum absolute atomic E-state index is 0.0744. The highest BCUT2D eigenvalue weighted by atomic mass is 16.6. The predicted octanol–water partition coefficient (Wildman–Crippen LogP) is 1.41. The Bertz CT molecular complexity index is 579. The number of nitrogens with zero attached hydrogens (tertiary/aromatic N) is 2. The molecule has 0 spiro atoms. The summed E-state index contributed by atoms with van der Waals surface area (Å²) >= 11 is 0. The van der Waals surface area contributed by atoms with Gasteiger partial charge in [-0.25, -0.2) is 9.59 Å². The lowest BCUT2D eigenvalue weighted by atomic mass is 10.3. The average Bonchev–Trinajstić information content (AvgIpc) is 2.48. The normalized spacial score (nSPS) is 9.55. The van der Waals surface area contributed by atoms with Crippen LogP contribution in [0.2, 0.25) is 0 Å². The van der Waals surface area contributed by atoms with E-state index in [0.29, 0.717) is 0 Å². The number of nitrogens with one attached hydrogen (secondary N) is 1. The van der Waals surface area contributed by atoms with Crippen LogP contribution in [0.3, 0.4) is 0 Å². The van der Waals surface area contributed by atoms with Crippen molar-refractivity contribution in [3.63, 3.8) is 0 Å². The van der Waals surface area contributed by atoms with Crippen LogP contribution in [0.15, 0.2) is 30.2 Å². The molecule has 0 saturated carbocycles. The minimum atomic E-state index is -0.884. The van der Waals surface area contributed by atoms with Crippen molar-refractivity contribution in [2.45, 2.75) is 13.8 Å². The Morgan fingerprint density at radius 1 is 1.32 bits per heavy atom. The molecule has 0 saturated heterocycles. The number of aromatic nitrogens is 1. The summed E-state index contributed by atoms with van der Waals surface area (Å²) in [6, 6.07) is 1.34. The Morgan fingerprint density at radius 2 is 1.91 bits per heavy atom. The van der Waals surface area contributed by atoms with Crippen LogP contribution < -0.4 is 5.32 Å². The Morgan fingerprint density at radius 3 is 2.41 bits per heavy atom. The number of esters is 2. The van der Waals surface area contributed by atoms with Crippen molar-refractivity contribution in [1.82, 2.24) is 4.98 Å². The van der Waals surface area contributed by atoms with E-state index in [2.05, 4.69) is 10.3 Å². The molecule has 0 amide bonds. The van der Waals surface area contributed by atoms with E-state index in [-0.39, 0.29) is 24.6 Å². The van der Waals surface area contributed by atoms with Gasteiger partial charge in [0.05, 0.1) is 18.1 Å². The zero-order chi connectivity index (χ0) is 16.5. The monoisotopic (exact) mass is 309 g/mol. The third kappa shape index (κ3) is 4.54. The molecule has 0 aliphatic heterocycles. The first kappa shape index (κ1) is 17.1. The quantitative estimate of drug-likeness (QED) is 0.200. The number of anilines is 1. The van der Waals surface area contributed by atoms with E-state index in [0.717, 1.165) is 12.4 Å². The second kappa shape index (κ2) is 8.35. The summed E-state index contributed by atoms with van der Waals surface area (Å²) in [6.07, 6.45) is 3.39. The molecule has 1 aromatic rings. The Balaban J connectivity index is 3.05. The maximum atomic E-state index is 11.7. The number of hydrogen-bond acceptors (Lipinski definition) is 8. The summed E-state index contributed by atoms with van der Waals surface area (Å²) in [5.74, 6) is -1.77. The number of carbonyl (C=O) groups excluding carboxylic acids is 2. The summed E-state index contributed by atoms with van der Waals surface area (Å²) < 4.78 is 9.49. The molecule has 0 aliphatic rings. The molecule has 9 nitrogen and oxygen atoms in total. The molecule has 0 radical (unpaired) electrons. The molecule has 0 aromatic carbocycles. The lowest BCUT2D eigenvalue weighted by Gasteiger charge is -2.07. The van der Waals surface area contributed by atoms with Gasteiger partial charge in [-0.05, 0) is 19.9 Å². The van der Waals surface area contributed by atoms with E-state index < -0.39 is 22.4 Å². The van der Waals surface area contributed by atoms with Crippen LogP contribution in [0.5, 0.6) is 0 Å². The number of carbonyl (C=O) groups is 2. The van der Waals surface area contributed by atoms with Gasteiger partial charge in [-0.2, -0.15) is 0 Å². The lowest BCUT2D eigenvalue weighted by molar-refractivity contribution is -0.384. The van der Waals surface area contributed by atoms with Crippen LogP contribution in [0.4, 0.5) is 11.4 Å². The fourth-order valence-corrected chi connectivity index (χ4v) is 1.42. The Kier molecular flexibility index (Phi) is 6.48. The van der Waals surface area contributed by atoms with Crippen molar-refractivity contribution in [2.24, 2.45) is 0 Å². The van der Waals surface area contributed by atoms with E-state index in [1.165, 1.54) is 12.3 Å². The van der Waals surface area contributed by atoms with Crippen molar-refractivity contribution in [3.05, 3.63) is 40.3 Å². The van der Waals surface area contributed by atoms with E-state index in [4.69, 9.17) is 9.47 Å². The summed E-state index contributed by atoms with van der Waals surface area (Å²) in [5, 5.41) is 13.4. The molecule has 0 fully saturated rings. The van der Waals surface area contributed by atoms with Gasteiger partial charge in [-0.15, -0.1) is 0 Å². The summed E-state index contributed by atoms with van der Waals surface area (Å²) in [6.45, 7) is 3.32. The maximum absolute atomic E-state index is 11.7. The molecular formula is C13H15N3O6. The van der Waals surface area contributed by atoms with Crippen LogP contribution in [0.1, 0.15) is 13.8 Å². The molecule has 22 heavy (non-hydrogen) atoms. The standard InChI is InChI=1S/C13H15N3O6/c1-3-21-12(17)9(13(18)22-4-2)7-15-10-5-6-14-8-11(10)16(19)20/h5-8H,3-4H2,1-2H3,(H,14,15). The van der Waals surface area contributed by atoms with E-state index >= 15 is 0 Å². The second-order valence-electron chi connectivity index (χ2n) is 3.79.